The van der Waals surface area contributed by atoms with Crippen molar-refractivity contribution >= 4 is 11.9 Å². The number of carbonyl (C=O) groups excluding carboxylic acids is 1. The van der Waals surface area contributed by atoms with Crippen molar-refractivity contribution in [2.75, 3.05) is 6.61 Å². The zero-order chi connectivity index (χ0) is 19.9. The molecule has 0 aliphatic heterocycles. The predicted octanol–water partition coefficient (Wildman–Crippen LogP) is 6.35. The molecule has 0 aliphatic rings. The molecule has 0 saturated carbocycles. The molecule has 150 valence electrons. The summed E-state index contributed by atoms with van der Waals surface area (Å²) in [6, 6.07) is 4.94. The minimum Gasteiger partial charge on any atom is -0.508 e. The Kier molecular flexibility index (Phi) is 11.7. The summed E-state index contributed by atoms with van der Waals surface area (Å²) >= 11 is 0. The zero-order valence-electron chi connectivity index (χ0n) is 16.7. The average Bonchev–Trinajstić information content (AvgIpc) is 2.64. The van der Waals surface area contributed by atoms with Gasteiger partial charge in [-0.3, -0.25) is 4.79 Å². The summed E-state index contributed by atoms with van der Waals surface area (Å²) in [5.74, 6) is 0.359. The molecule has 27 heavy (non-hydrogen) atoms. The largest absolute Gasteiger partial charge is 0.508 e. The fourth-order valence-electron chi connectivity index (χ4n) is 2.81. The van der Waals surface area contributed by atoms with E-state index in [0.29, 0.717) is 18.8 Å². The highest BCUT2D eigenvalue weighted by Crippen LogP contribution is 2.27. The van der Waals surface area contributed by atoms with Crippen LogP contribution in [0.5, 0.6) is 11.5 Å². The number of phenols is 1. The van der Waals surface area contributed by atoms with Crippen molar-refractivity contribution < 1.29 is 19.7 Å². The Morgan fingerprint density at radius 2 is 1.70 bits per heavy atom. The molecule has 1 aromatic carbocycles. The van der Waals surface area contributed by atoms with E-state index in [1.165, 1.54) is 50.7 Å². The maximum atomic E-state index is 11.9. The van der Waals surface area contributed by atoms with Gasteiger partial charge in [-0.25, -0.2) is 0 Å². The number of unbranched alkanes of at least 4 members (excludes halogenated alkanes) is 7. The topological polar surface area (TPSA) is 66.8 Å². The van der Waals surface area contributed by atoms with Gasteiger partial charge in [-0.2, -0.15) is 0 Å². The smallest absolute Gasteiger partial charge is 0.161 e. The Morgan fingerprint density at radius 1 is 1.04 bits per heavy atom. The fourth-order valence-corrected chi connectivity index (χ4v) is 2.81. The number of ether oxygens (including phenoxy) is 1. The fraction of sp³-hybridized carbons (Fsp3) is 0.522. The Balaban J connectivity index is 2.35. The normalized spacial score (nSPS) is 11.9. The molecule has 4 heteroatoms. The number of aromatic hydroxyl groups is 1. The summed E-state index contributed by atoms with van der Waals surface area (Å²) in [7, 11) is 0. The van der Waals surface area contributed by atoms with Crippen LogP contribution in [-0.4, -0.2) is 22.6 Å². The molecule has 0 radical (unpaired) electrons. The van der Waals surface area contributed by atoms with Crippen LogP contribution in [0.3, 0.4) is 0 Å². The molecule has 0 aliphatic carbocycles. The molecular formula is C23H34O4. The second kappa shape index (κ2) is 13.9. The van der Waals surface area contributed by atoms with Gasteiger partial charge in [0.25, 0.3) is 0 Å². The van der Waals surface area contributed by atoms with E-state index in [4.69, 9.17) is 4.74 Å². The molecule has 0 heterocycles. The standard InChI is InChI=1S/C23H34O4/c1-3-5-6-7-8-9-10-11-12-20(24)18-21(25)15-13-19-14-16-22(26)23(17-19)27-4-2/h13-18,25-26H,3-12H2,1-2H3. The number of hydrogen-bond donors (Lipinski definition) is 2. The third kappa shape index (κ3) is 10.5. The first kappa shape index (κ1) is 22.8. The van der Waals surface area contributed by atoms with E-state index in [-0.39, 0.29) is 17.3 Å². The quantitative estimate of drug-likeness (QED) is 0.172. The Morgan fingerprint density at radius 3 is 2.37 bits per heavy atom. The van der Waals surface area contributed by atoms with Gasteiger partial charge in [0.15, 0.2) is 17.3 Å². The molecule has 0 unspecified atom stereocenters. The van der Waals surface area contributed by atoms with Crippen LogP contribution in [0.1, 0.15) is 77.2 Å². The lowest BCUT2D eigenvalue weighted by atomic mass is 10.1. The van der Waals surface area contributed by atoms with Crippen molar-refractivity contribution in [2.45, 2.75) is 71.6 Å². The van der Waals surface area contributed by atoms with Crippen LogP contribution in [-0.2, 0) is 4.79 Å². The lowest BCUT2D eigenvalue weighted by Gasteiger charge is -2.06. The highest BCUT2D eigenvalue weighted by Gasteiger charge is 2.03. The molecule has 2 N–H and O–H groups in total. The molecule has 4 nitrogen and oxygen atoms in total. The summed E-state index contributed by atoms with van der Waals surface area (Å²) in [5.41, 5.74) is 0.770. The van der Waals surface area contributed by atoms with Crippen LogP contribution in [0.25, 0.3) is 6.08 Å². The Labute approximate surface area is 163 Å². The maximum absolute atomic E-state index is 11.9. The van der Waals surface area contributed by atoms with E-state index in [2.05, 4.69) is 6.92 Å². The number of phenolic OH excluding ortho intramolecular Hbond substituents is 1. The predicted molar refractivity (Wildman–Crippen MR) is 111 cm³/mol. The van der Waals surface area contributed by atoms with Gasteiger partial charge < -0.3 is 14.9 Å². The summed E-state index contributed by atoms with van der Waals surface area (Å²) in [4.78, 5) is 11.9. The van der Waals surface area contributed by atoms with Crippen LogP contribution in [0.4, 0.5) is 0 Å². The Bertz CT molecular complexity index is 617. The number of rotatable bonds is 14. The molecule has 0 fully saturated rings. The van der Waals surface area contributed by atoms with E-state index in [9.17, 15) is 15.0 Å². The van der Waals surface area contributed by atoms with Gasteiger partial charge in [0.2, 0.25) is 0 Å². The van der Waals surface area contributed by atoms with Gasteiger partial charge in [-0.1, -0.05) is 64.0 Å². The van der Waals surface area contributed by atoms with Crippen molar-refractivity contribution in [3.05, 3.63) is 41.7 Å². The van der Waals surface area contributed by atoms with Crippen molar-refractivity contribution in [1.29, 1.82) is 0 Å². The highest BCUT2D eigenvalue weighted by molar-refractivity contribution is 5.90. The third-order valence-electron chi connectivity index (χ3n) is 4.32. The molecule has 0 spiro atoms. The molecular weight excluding hydrogens is 340 g/mol. The number of benzene rings is 1. The summed E-state index contributed by atoms with van der Waals surface area (Å²) < 4.78 is 5.32. The van der Waals surface area contributed by atoms with Crippen molar-refractivity contribution in [1.82, 2.24) is 0 Å². The average molecular weight is 375 g/mol. The molecule has 1 rings (SSSR count). The minimum atomic E-state index is -0.0643. The third-order valence-corrected chi connectivity index (χ3v) is 4.32. The van der Waals surface area contributed by atoms with E-state index < -0.39 is 0 Å². The van der Waals surface area contributed by atoms with Gasteiger partial charge in [0, 0.05) is 12.5 Å². The van der Waals surface area contributed by atoms with E-state index >= 15 is 0 Å². The first-order valence-corrected chi connectivity index (χ1v) is 10.1. The second-order valence-corrected chi connectivity index (χ2v) is 6.75. The molecule has 0 amide bonds. The number of ketones is 1. The van der Waals surface area contributed by atoms with Crippen molar-refractivity contribution in [3.63, 3.8) is 0 Å². The maximum Gasteiger partial charge on any atom is 0.161 e. The van der Waals surface area contributed by atoms with Gasteiger partial charge >= 0.3 is 0 Å². The first-order valence-electron chi connectivity index (χ1n) is 10.1. The number of carbonyl (C=O) groups is 1. The van der Waals surface area contributed by atoms with Gasteiger partial charge in [0.05, 0.1) is 6.61 Å². The van der Waals surface area contributed by atoms with Crippen molar-refractivity contribution in [3.8, 4) is 11.5 Å². The number of aliphatic hydroxyl groups excluding tert-OH is 1. The molecule has 0 saturated heterocycles. The van der Waals surface area contributed by atoms with Crippen LogP contribution < -0.4 is 4.74 Å². The minimum absolute atomic E-state index is 0.0520. The van der Waals surface area contributed by atoms with E-state index in [1.54, 1.807) is 24.3 Å². The Hall–Kier alpha value is -2.23. The first-order chi connectivity index (χ1) is 13.1. The monoisotopic (exact) mass is 374 g/mol. The molecule has 1 aromatic rings. The van der Waals surface area contributed by atoms with E-state index in [1.807, 2.05) is 6.92 Å². The van der Waals surface area contributed by atoms with Crippen LogP contribution in [0.2, 0.25) is 0 Å². The summed E-state index contributed by atoms with van der Waals surface area (Å²) in [5, 5.41) is 19.6. The molecule has 0 aromatic heterocycles. The number of allylic oxidation sites excluding steroid dienone is 2. The van der Waals surface area contributed by atoms with Crippen molar-refractivity contribution in [2.24, 2.45) is 0 Å². The number of hydrogen-bond acceptors (Lipinski definition) is 4. The van der Waals surface area contributed by atoms with Gasteiger partial charge in [-0.15, -0.1) is 0 Å². The van der Waals surface area contributed by atoms with Crippen LogP contribution >= 0.6 is 0 Å². The number of aliphatic hydroxyl groups is 1. The van der Waals surface area contributed by atoms with E-state index in [0.717, 1.165) is 18.4 Å². The lowest BCUT2D eigenvalue weighted by molar-refractivity contribution is -0.114. The van der Waals surface area contributed by atoms with Gasteiger partial charge in [-0.05, 0) is 37.1 Å². The zero-order valence-corrected chi connectivity index (χ0v) is 16.7. The second-order valence-electron chi connectivity index (χ2n) is 6.75. The van der Waals surface area contributed by atoms with Gasteiger partial charge in [0.1, 0.15) is 5.76 Å². The van der Waals surface area contributed by atoms with Crippen LogP contribution in [0, 0.1) is 0 Å². The highest BCUT2D eigenvalue weighted by atomic mass is 16.5. The van der Waals surface area contributed by atoms with Crippen LogP contribution in [0.15, 0.2) is 36.1 Å². The summed E-state index contributed by atoms with van der Waals surface area (Å²) in [6.07, 6.45) is 14.4. The lowest BCUT2D eigenvalue weighted by Crippen LogP contribution is -1.94. The molecule has 0 atom stereocenters. The SMILES string of the molecule is CCCCCCCCCCC(=O)C=C(O)C=Cc1ccc(O)c(OCC)c1. The molecule has 0 bridgehead atoms. The summed E-state index contributed by atoms with van der Waals surface area (Å²) in [6.45, 7) is 4.51.